The molecule has 0 aromatic rings. The fourth-order valence-electron chi connectivity index (χ4n) is 7.51. The van der Waals surface area contributed by atoms with E-state index in [9.17, 15) is 24.3 Å². The number of carbonyl (C=O) groups is 4. The van der Waals surface area contributed by atoms with Gasteiger partial charge in [-0.2, -0.15) is 0 Å². The lowest BCUT2D eigenvalue weighted by atomic mass is 9.45. The molecule has 4 aliphatic rings. The van der Waals surface area contributed by atoms with Crippen molar-refractivity contribution in [2.45, 2.75) is 89.0 Å². The number of aliphatic hydroxyl groups excluding tert-OH is 1. The minimum Gasteiger partial charge on any atom is -0.457 e. The van der Waals surface area contributed by atoms with Crippen molar-refractivity contribution in [3.63, 3.8) is 0 Å². The SMILES string of the molecule is CCC(=O)OCC(=O)[C@@]1(OC(=O)CC)CC[C@H]2[C@@H]3C[C@H](F)C4=CC(=O)C=C[C@]4(C)[C@@]3(Cl)C(O)C[C@@]21C. The van der Waals surface area contributed by atoms with Crippen molar-refractivity contribution in [3.8, 4) is 0 Å². The van der Waals surface area contributed by atoms with Crippen LogP contribution in [0.3, 0.4) is 0 Å². The molecule has 0 radical (unpaired) electrons. The summed E-state index contributed by atoms with van der Waals surface area (Å²) in [5.41, 5.74) is -3.56. The van der Waals surface area contributed by atoms with Gasteiger partial charge in [-0.25, -0.2) is 4.39 Å². The van der Waals surface area contributed by atoms with E-state index in [2.05, 4.69) is 0 Å². The largest absolute Gasteiger partial charge is 0.457 e. The number of fused-ring (bicyclic) bond motifs is 5. The van der Waals surface area contributed by atoms with Crippen molar-refractivity contribution in [1.29, 1.82) is 0 Å². The van der Waals surface area contributed by atoms with Crippen LogP contribution in [0.25, 0.3) is 0 Å². The summed E-state index contributed by atoms with van der Waals surface area (Å²) >= 11 is 7.33. The van der Waals surface area contributed by atoms with E-state index in [-0.39, 0.29) is 49.4 Å². The standard InChI is InChI=1S/C27H34ClFO7/c1-5-22(33)35-14-21(32)26(36-23(34)6-2)10-8-16-17-12-19(29)18-11-15(30)7-9-24(18,3)27(17,28)20(31)13-25(16,26)4/h7,9,11,16-17,19-20,31H,5-6,8,10,12-14H2,1-4H3/t16-,17-,19-,20?,24-,25-,26-,27-/m0/s1. The normalized spacial score (nSPS) is 43.1. The molecule has 0 spiro atoms. The highest BCUT2D eigenvalue weighted by Crippen LogP contribution is 2.71. The zero-order valence-corrected chi connectivity index (χ0v) is 21.9. The Kier molecular flexibility index (Phi) is 6.78. The maximum atomic E-state index is 15.6. The number of esters is 2. The van der Waals surface area contributed by atoms with Gasteiger partial charge in [-0.15, -0.1) is 11.6 Å². The highest BCUT2D eigenvalue weighted by atomic mass is 35.5. The molecule has 0 heterocycles. The minimum absolute atomic E-state index is 0.0176. The molecule has 1 N–H and O–H groups in total. The van der Waals surface area contributed by atoms with E-state index in [4.69, 9.17) is 21.1 Å². The third kappa shape index (κ3) is 3.54. The summed E-state index contributed by atoms with van der Waals surface area (Å²) in [5, 5.41) is 11.7. The number of hydrogen-bond acceptors (Lipinski definition) is 7. The van der Waals surface area contributed by atoms with Crippen LogP contribution in [0, 0.1) is 22.7 Å². The Labute approximate surface area is 215 Å². The highest BCUT2D eigenvalue weighted by molar-refractivity contribution is 6.26. The van der Waals surface area contributed by atoms with Crippen LogP contribution in [0.15, 0.2) is 23.8 Å². The maximum Gasteiger partial charge on any atom is 0.306 e. The molecule has 3 fully saturated rings. The van der Waals surface area contributed by atoms with Gasteiger partial charge >= 0.3 is 11.9 Å². The zero-order valence-electron chi connectivity index (χ0n) is 21.1. The molecule has 4 aliphatic carbocycles. The molecule has 0 aliphatic heterocycles. The van der Waals surface area contributed by atoms with Crippen LogP contribution >= 0.6 is 11.6 Å². The lowest BCUT2D eigenvalue weighted by Gasteiger charge is -2.64. The number of allylic oxidation sites excluding steroid dienone is 4. The van der Waals surface area contributed by atoms with Gasteiger partial charge in [-0.1, -0.05) is 33.8 Å². The molecule has 198 valence electrons. The molecule has 7 nitrogen and oxygen atoms in total. The van der Waals surface area contributed by atoms with Crippen LogP contribution in [0.1, 0.15) is 66.2 Å². The average Bonchev–Trinajstić information content (AvgIpc) is 3.12. The molecule has 0 amide bonds. The molecule has 0 aromatic heterocycles. The number of halogens is 2. The van der Waals surface area contributed by atoms with Crippen LogP contribution in [-0.4, -0.2) is 58.0 Å². The average molecular weight is 525 g/mol. The number of hydrogen-bond donors (Lipinski definition) is 1. The summed E-state index contributed by atoms with van der Waals surface area (Å²) < 4.78 is 26.7. The fraction of sp³-hybridized carbons (Fsp3) is 0.704. The Hall–Kier alpha value is -2.06. The van der Waals surface area contributed by atoms with Crippen LogP contribution in [-0.2, 0) is 28.7 Å². The second-order valence-corrected chi connectivity index (χ2v) is 11.6. The Morgan fingerprint density at radius 2 is 1.83 bits per heavy atom. The summed E-state index contributed by atoms with van der Waals surface area (Å²) in [6.45, 7) is 6.20. The third-order valence-electron chi connectivity index (χ3n) is 9.43. The molecule has 0 saturated heterocycles. The molecule has 9 heteroatoms. The second-order valence-electron chi connectivity index (χ2n) is 11.0. The zero-order chi connectivity index (χ0) is 26.7. The van der Waals surface area contributed by atoms with E-state index in [0.29, 0.717) is 6.42 Å². The lowest BCUT2D eigenvalue weighted by molar-refractivity contribution is -0.199. The quantitative estimate of drug-likeness (QED) is 0.416. The predicted molar refractivity (Wildman–Crippen MR) is 129 cm³/mol. The van der Waals surface area contributed by atoms with Crippen molar-refractivity contribution in [3.05, 3.63) is 23.8 Å². The molecule has 1 unspecified atom stereocenters. The van der Waals surface area contributed by atoms with Crippen LogP contribution in [0.5, 0.6) is 0 Å². The number of alkyl halides is 2. The van der Waals surface area contributed by atoms with Gasteiger partial charge in [0.25, 0.3) is 0 Å². The van der Waals surface area contributed by atoms with Crippen molar-refractivity contribution < 1.29 is 38.1 Å². The number of carbonyl (C=O) groups excluding carboxylic acids is 4. The monoisotopic (exact) mass is 524 g/mol. The smallest absolute Gasteiger partial charge is 0.306 e. The van der Waals surface area contributed by atoms with Crippen LogP contribution in [0.4, 0.5) is 4.39 Å². The minimum atomic E-state index is -1.64. The number of aliphatic hydroxyl groups is 1. The maximum absolute atomic E-state index is 15.6. The lowest BCUT2D eigenvalue weighted by Crippen LogP contribution is -2.70. The van der Waals surface area contributed by atoms with Gasteiger partial charge in [0.1, 0.15) is 6.17 Å². The van der Waals surface area contributed by atoms with Gasteiger partial charge in [0.05, 0.1) is 11.0 Å². The number of ketones is 2. The van der Waals surface area contributed by atoms with Gasteiger partial charge in [-0.05, 0) is 55.2 Å². The number of rotatable bonds is 6. The van der Waals surface area contributed by atoms with Gasteiger partial charge in [0.2, 0.25) is 5.78 Å². The van der Waals surface area contributed by atoms with Crippen molar-refractivity contribution in [2.75, 3.05) is 6.61 Å². The van der Waals surface area contributed by atoms with Gasteiger partial charge in [-0.3, -0.25) is 19.2 Å². The van der Waals surface area contributed by atoms with Gasteiger partial charge in [0.15, 0.2) is 18.0 Å². The first-order chi connectivity index (χ1) is 16.8. The second kappa shape index (κ2) is 9.05. The summed E-state index contributed by atoms with van der Waals surface area (Å²) in [6, 6.07) is 0. The number of Topliss-reactive ketones (excluding diaryl/α,β-unsaturated/α-hetero) is 1. The van der Waals surface area contributed by atoms with Crippen molar-refractivity contribution in [1.82, 2.24) is 0 Å². The molecular formula is C27H34ClFO7. The molecular weight excluding hydrogens is 491 g/mol. The third-order valence-corrected chi connectivity index (χ3v) is 10.4. The predicted octanol–water partition coefficient (Wildman–Crippen LogP) is 3.79. The van der Waals surface area contributed by atoms with Crippen molar-refractivity contribution >= 4 is 35.1 Å². The summed E-state index contributed by atoms with van der Waals surface area (Å²) in [4.78, 5) is 48.7. The van der Waals surface area contributed by atoms with E-state index < -0.39 is 63.8 Å². The fourth-order valence-corrected chi connectivity index (χ4v) is 8.00. The Morgan fingerprint density at radius 3 is 2.47 bits per heavy atom. The van der Waals surface area contributed by atoms with Gasteiger partial charge < -0.3 is 14.6 Å². The van der Waals surface area contributed by atoms with E-state index in [1.165, 1.54) is 12.2 Å². The summed E-state index contributed by atoms with van der Waals surface area (Å²) in [6.07, 6.45) is 2.26. The Bertz CT molecular complexity index is 1050. The molecule has 4 rings (SSSR count). The molecule has 8 atom stereocenters. The molecule has 0 aromatic carbocycles. The van der Waals surface area contributed by atoms with E-state index in [0.717, 1.165) is 0 Å². The Morgan fingerprint density at radius 1 is 1.17 bits per heavy atom. The first kappa shape index (κ1) is 27.0. The van der Waals surface area contributed by atoms with Gasteiger partial charge in [0, 0.05) is 23.7 Å². The topological polar surface area (TPSA) is 107 Å². The number of ether oxygens (including phenoxy) is 2. The van der Waals surface area contributed by atoms with Crippen molar-refractivity contribution in [2.24, 2.45) is 22.7 Å². The molecule has 36 heavy (non-hydrogen) atoms. The first-order valence-electron chi connectivity index (χ1n) is 12.7. The summed E-state index contributed by atoms with van der Waals surface area (Å²) in [5.74, 6) is -2.94. The Balaban J connectivity index is 1.79. The van der Waals surface area contributed by atoms with E-state index in [1.807, 2.05) is 0 Å². The first-order valence-corrected chi connectivity index (χ1v) is 13.1. The van der Waals surface area contributed by atoms with Crippen LogP contribution in [0.2, 0.25) is 0 Å². The molecule has 0 bridgehead atoms. The van der Waals surface area contributed by atoms with E-state index in [1.54, 1.807) is 33.8 Å². The molecule has 3 saturated carbocycles. The summed E-state index contributed by atoms with van der Waals surface area (Å²) in [7, 11) is 0. The van der Waals surface area contributed by atoms with Crippen LogP contribution < -0.4 is 0 Å². The van der Waals surface area contributed by atoms with E-state index >= 15 is 4.39 Å². The highest BCUT2D eigenvalue weighted by Gasteiger charge is 2.75.